The summed E-state index contributed by atoms with van der Waals surface area (Å²) >= 11 is 0. The Morgan fingerprint density at radius 2 is 1.61 bits per heavy atom. The standard InChI is InChI=1S/C25H20F2N2O4/c26-17-12-19-18(20(27)13-17)10-11-21(19)29(22(23(28)30)14-4-2-1-3-5-14)24(31)15-6-8-16(9-7-15)25(32)33/h1-9,12-13,21-22H,10-11H2,(H2,28,30)(H,32,33)/t21-,22-/m1/s1. The van der Waals surface area contributed by atoms with E-state index in [0.717, 1.165) is 6.07 Å². The van der Waals surface area contributed by atoms with Crippen molar-refractivity contribution >= 4 is 17.8 Å². The molecule has 8 heteroatoms. The number of fused-ring (bicyclic) bond motifs is 1. The zero-order chi connectivity index (χ0) is 23.7. The van der Waals surface area contributed by atoms with Crippen molar-refractivity contribution in [1.29, 1.82) is 0 Å². The van der Waals surface area contributed by atoms with Crippen LogP contribution in [-0.2, 0) is 11.2 Å². The lowest BCUT2D eigenvalue weighted by atomic mass is 9.97. The third-order valence-electron chi connectivity index (χ3n) is 5.83. The van der Waals surface area contributed by atoms with Crippen molar-refractivity contribution in [3.63, 3.8) is 0 Å². The lowest BCUT2D eigenvalue weighted by Gasteiger charge is -2.36. The van der Waals surface area contributed by atoms with Crippen molar-refractivity contribution in [3.05, 3.63) is 106 Å². The van der Waals surface area contributed by atoms with E-state index in [-0.39, 0.29) is 35.1 Å². The maximum Gasteiger partial charge on any atom is 0.335 e. The normalized spacial score (nSPS) is 15.5. The van der Waals surface area contributed by atoms with Crippen LogP contribution in [0.15, 0.2) is 66.7 Å². The lowest BCUT2D eigenvalue weighted by Crippen LogP contribution is -2.43. The van der Waals surface area contributed by atoms with Crippen LogP contribution < -0.4 is 5.73 Å². The number of nitrogens with zero attached hydrogens (tertiary/aromatic N) is 1. The molecule has 1 aliphatic rings. The van der Waals surface area contributed by atoms with Gasteiger partial charge in [0.2, 0.25) is 5.91 Å². The molecule has 2 atom stereocenters. The predicted octanol–water partition coefficient (Wildman–Crippen LogP) is 4.02. The zero-order valence-corrected chi connectivity index (χ0v) is 17.4. The Morgan fingerprint density at radius 1 is 0.970 bits per heavy atom. The van der Waals surface area contributed by atoms with Gasteiger partial charge in [0.15, 0.2) is 0 Å². The molecule has 3 aromatic rings. The molecule has 0 spiro atoms. The van der Waals surface area contributed by atoms with Gasteiger partial charge in [-0.3, -0.25) is 9.59 Å². The molecule has 0 saturated carbocycles. The Labute approximate surface area is 188 Å². The van der Waals surface area contributed by atoms with Crippen LogP contribution in [0.5, 0.6) is 0 Å². The van der Waals surface area contributed by atoms with Crippen molar-refractivity contribution in [2.24, 2.45) is 5.73 Å². The van der Waals surface area contributed by atoms with Crippen LogP contribution >= 0.6 is 0 Å². The van der Waals surface area contributed by atoms with Crippen LogP contribution in [0, 0.1) is 11.6 Å². The third-order valence-corrected chi connectivity index (χ3v) is 5.83. The molecule has 1 aliphatic carbocycles. The van der Waals surface area contributed by atoms with E-state index in [1.54, 1.807) is 30.3 Å². The van der Waals surface area contributed by atoms with E-state index in [0.29, 0.717) is 5.56 Å². The summed E-state index contributed by atoms with van der Waals surface area (Å²) in [6.07, 6.45) is 0.527. The van der Waals surface area contributed by atoms with Crippen LogP contribution in [0.4, 0.5) is 8.78 Å². The van der Waals surface area contributed by atoms with Crippen LogP contribution in [-0.4, -0.2) is 27.8 Å². The van der Waals surface area contributed by atoms with Gasteiger partial charge in [-0.1, -0.05) is 30.3 Å². The Morgan fingerprint density at radius 3 is 2.21 bits per heavy atom. The second-order valence-electron chi connectivity index (χ2n) is 7.82. The third kappa shape index (κ3) is 4.19. The van der Waals surface area contributed by atoms with Gasteiger partial charge in [0.1, 0.15) is 17.7 Å². The number of hydrogen-bond donors (Lipinski definition) is 2. The Balaban J connectivity index is 1.86. The highest BCUT2D eigenvalue weighted by atomic mass is 19.1. The first kappa shape index (κ1) is 22.1. The molecule has 0 aliphatic heterocycles. The van der Waals surface area contributed by atoms with Crippen molar-refractivity contribution in [2.75, 3.05) is 0 Å². The summed E-state index contributed by atoms with van der Waals surface area (Å²) in [6, 6.07) is 13.6. The summed E-state index contributed by atoms with van der Waals surface area (Å²) in [7, 11) is 0. The van der Waals surface area contributed by atoms with Gasteiger partial charge in [-0.05, 0) is 59.9 Å². The van der Waals surface area contributed by atoms with Gasteiger partial charge in [0.05, 0.1) is 11.6 Å². The molecular formula is C25H20F2N2O4. The van der Waals surface area contributed by atoms with E-state index in [2.05, 4.69) is 0 Å². The number of amides is 2. The van der Waals surface area contributed by atoms with E-state index < -0.39 is 41.5 Å². The summed E-state index contributed by atoms with van der Waals surface area (Å²) in [5.74, 6) is -4.06. The molecule has 33 heavy (non-hydrogen) atoms. The van der Waals surface area contributed by atoms with Crippen LogP contribution in [0.2, 0.25) is 0 Å². The average Bonchev–Trinajstić information content (AvgIpc) is 3.21. The first-order chi connectivity index (χ1) is 15.8. The van der Waals surface area contributed by atoms with Gasteiger partial charge in [-0.15, -0.1) is 0 Å². The van der Waals surface area contributed by atoms with Crippen molar-refractivity contribution < 1.29 is 28.3 Å². The molecule has 0 aromatic heterocycles. The molecule has 168 valence electrons. The highest BCUT2D eigenvalue weighted by molar-refractivity contribution is 5.99. The topological polar surface area (TPSA) is 101 Å². The molecule has 3 N–H and O–H groups in total. The number of primary amides is 1. The number of carboxylic acids is 1. The van der Waals surface area contributed by atoms with Gasteiger partial charge in [-0.25, -0.2) is 13.6 Å². The van der Waals surface area contributed by atoms with Crippen LogP contribution in [0.25, 0.3) is 0 Å². The average molecular weight is 450 g/mol. The molecule has 2 amide bonds. The Bertz CT molecular complexity index is 1230. The smallest absolute Gasteiger partial charge is 0.335 e. The summed E-state index contributed by atoms with van der Waals surface area (Å²) < 4.78 is 28.5. The molecule has 0 fully saturated rings. The van der Waals surface area contributed by atoms with E-state index in [4.69, 9.17) is 10.8 Å². The van der Waals surface area contributed by atoms with Crippen molar-refractivity contribution in [1.82, 2.24) is 4.90 Å². The minimum absolute atomic E-state index is 0.0111. The van der Waals surface area contributed by atoms with Gasteiger partial charge in [0.25, 0.3) is 5.91 Å². The van der Waals surface area contributed by atoms with Gasteiger partial charge in [-0.2, -0.15) is 0 Å². The molecule has 4 rings (SSSR count). The fraction of sp³-hybridized carbons (Fsp3) is 0.160. The number of carboxylic acid groups (broad SMARTS) is 1. The molecule has 0 radical (unpaired) electrons. The van der Waals surface area contributed by atoms with E-state index >= 15 is 0 Å². The fourth-order valence-electron chi connectivity index (χ4n) is 4.35. The molecule has 3 aromatic carbocycles. The highest BCUT2D eigenvalue weighted by Gasteiger charge is 2.40. The molecular weight excluding hydrogens is 430 g/mol. The summed E-state index contributed by atoms with van der Waals surface area (Å²) in [4.78, 5) is 38.8. The monoisotopic (exact) mass is 450 g/mol. The minimum atomic E-state index is -1.21. The number of carbonyl (C=O) groups excluding carboxylic acids is 2. The van der Waals surface area contributed by atoms with Crippen molar-refractivity contribution in [2.45, 2.75) is 24.9 Å². The first-order valence-electron chi connectivity index (χ1n) is 10.3. The largest absolute Gasteiger partial charge is 0.478 e. The van der Waals surface area contributed by atoms with E-state index in [1.165, 1.54) is 35.2 Å². The summed E-state index contributed by atoms with van der Waals surface area (Å²) in [5.41, 5.74) is 6.87. The number of nitrogens with two attached hydrogens (primary N) is 1. The fourth-order valence-corrected chi connectivity index (χ4v) is 4.35. The number of carbonyl (C=O) groups is 3. The Kier molecular flexibility index (Phi) is 5.91. The predicted molar refractivity (Wildman–Crippen MR) is 115 cm³/mol. The van der Waals surface area contributed by atoms with Gasteiger partial charge in [0, 0.05) is 11.6 Å². The maximum atomic E-state index is 14.4. The number of benzene rings is 3. The SMILES string of the molecule is NC(=O)[C@@H](c1ccccc1)N(C(=O)c1ccc(C(=O)O)cc1)[C@@H]1CCc2c(F)cc(F)cc21. The second-order valence-corrected chi connectivity index (χ2v) is 7.82. The van der Waals surface area contributed by atoms with E-state index in [1.807, 2.05) is 0 Å². The summed E-state index contributed by atoms with van der Waals surface area (Å²) in [5, 5.41) is 9.14. The maximum absolute atomic E-state index is 14.4. The van der Waals surface area contributed by atoms with E-state index in [9.17, 15) is 23.2 Å². The summed E-state index contributed by atoms with van der Waals surface area (Å²) in [6.45, 7) is 0. The number of aromatic carboxylic acids is 1. The first-order valence-corrected chi connectivity index (χ1v) is 10.3. The number of rotatable bonds is 6. The Hall–Kier alpha value is -4.07. The lowest BCUT2D eigenvalue weighted by molar-refractivity contribution is -0.123. The molecule has 0 unspecified atom stereocenters. The molecule has 0 heterocycles. The quantitative estimate of drug-likeness (QED) is 0.592. The second kappa shape index (κ2) is 8.82. The molecule has 0 saturated heterocycles. The van der Waals surface area contributed by atoms with Gasteiger partial charge >= 0.3 is 5.97 Å². The number of hydrogen-bond acceptors (Lipinski definition) is 3. The van der Waals surface area contributed by atoms with Crippen molar-refractivity contribution in [3.8, 4) is 0 Å². The number of halogens is 2. The molecule has 0 bridgehead atoms. The highest BCUT2D eigenvalue weighted by Crippen LogP contribution is 2.42. The van der Waals surface area contributed by atoms with Gasteiger partial charge < -0.3 is 15.7 Å². The molecule has 6 nitrogen and oxygen atoms in total. The zero-order valence-electron chi connectivity index (χ0n) is 17.4. The minimum Gasteiger partial charge on any atom is -0.478 e. The van der Waals surface area contributed by atoms with Crippen LogP contribution in [0.3, 0.4) is 0 Å². The van der Waals surface area contributed by atoms with Crippen LogP contribution in [0.1, 0.15) is 55.9 Å².